The van der Waals surface area contributed by atoms with E-state index < -0.39 is 43.4 Å². The first-order valence-electron chi connectivity index (χ1n) is 10.7. The number of allylic oxidation sites excluding steroid dienone is 1. The summed E-state index contributed by atoms with van der Waals surface area (Å²) in [6, 6.07) is 0. The van der Waals surface area contributed by atoms with Gasteiger partial charge in [-0.1, -0.05) is 20.8 Å². The number of rotatable bonds is 7. The molecule has 2 aliphatic carbocycles. The molecule has 31 heavy (non-hydrogen) atoms. The minimum Gasteiger partial charge on any atom is -0.462 e. The maximum atomic E-state index is 12.4. The molecule has 0 aromatic rings. The zero-order chi connectivity index (χ0) is 22.9. The summed E-state index contributed by atoms with van der Waals surface area (Å²) < 4.78 is 10.9. The van der Waals surface area contributed by atoms with Gasteiger partial charge in [-0.2, -0.15) is 4.89 Å². The van der Waals surface area contributed by atoms with Gasteiger partial charge in [-0.15, -0.1) is 0 Å². The zero-order valence-corrected chi connectivity index (χ0v) is 17.9. The molecule has 0 aromatic carbocycles. The van der Waals surface area contributed by atoms with E-state index in [2.05, 4.69) is 0 Å². The fourth-order valence-corrected chi connectivity index (χ4v) is 4.54. The Morgan fingerprint density at radius 1 is 1.23 bits per heavy atom. The van der Waals surface area contributed by atoms with E-state index in [1.807, 2.05) is 13.8 Å². The Hall–Kier alpha value is -1.56. The molecule has 10 nitrogen and oxygen atoms in total. The normalized spacial score (nSPS) is 40.5. The lowest BCUT2D eigenvalue weighted by Gasteiger charge is -2.39. The number of carbonyl (C=O) groups is 2. The third kappa shape index (κ3) is 5.10. The smallest absolute Gasteiger partial charge is 0.306 e. The van der Waals surface area contributed by atoms with E-state index in [0.29, 0.717) is 18.6 Å². The van der Waals surface area contributed by atoms with Crippen LogP contribution in [-0.2, 0) is 28.8 Å². The van der Waals surface area contributed by atoms with Gasteiger partial charge in [-0.25, -0.2) is 0 Å². The fraction of sp³-hybridized carbons (Fsp3) is 0.810. The van der Waals surface area contributed by atoms with Gasteiger partial charge in [-0.05, 0) is 12.0 Å². The topological polar surface area (TPSA) is 152 Å². The first kappa shape index (κ1) is 24.1. The van der Waals surface area contributed by atoms with Crippen LogP contribution in [0.4, 0.5) is 0 Å². The van der Waals surface area contributed by atoms with E-state index in [1.54, 1.807) is 13.0 Å². The number of fused-ring (bicyclic) bond motifs is 1. The molecular formula is C21H32O10. The van der Waals surface area contributed by atoms with Crippen LogP contribution in [0.3, 0.4) is 0 Å². The van der Waals surface area contributed by atoms with Gasteiger partial charge in [0.1, 0.15) is 42.1 Å². The van der Waals surface area contributed by atoms with Crippen molar-refractivity contribution in [1.82, 2.24) is 0 Å². The summed E-state index contributed by atoms with van der Waals surface area (Å²) in [5.41, 5.74) is 0. The molecule has 1 saturated carbocycles. The predicted molar refractivity (Wildman–Crippen MR) is 104 cm³/mol. The van der Waals surface area contributed by atoms with Crippen LogP contribution < -0.4 is 0 Å². The number of ether oxygens (including phenoxy) is 2. The highest BCUT2D eigenvalue weighted by Gasteiger charge is 2.51. The van der Waals surface area contributed by atoms with Crippen molar-refractivity contribution < 1.29 is 49.3 Å². The number of hydrogen-bond acceptors (Lipinski definition) is 10. The molecule has 0 bridgehead atoms. The number of esters is 1. The summed E-state index contributed by atoms with van der Waals surface area (Å²) in [6.07, 6.45) is -5.21. The molecule has 9 atom stereocenters. The molecule has 0 aromatic heterocycles. The summed E-state index contributed by atoms with van der Waals surface area (Å²) in [6.45, 7) is 5.06. The molecule has 1 heterocycles. The summed E-state index contributed by atoms with van der Waals surface area (Å²) in [5.74, 6) is -0.696. The van der Waals surface area contributed by atoms with E-state index in [-0.39, 0.29) is 41.8 Å². The fourth-order valence-electron chi connectivity index (χ4n) is 4.54. The minimum absolute atomic E-state index is 0.0316. The van der Waals surface area contributed by atoms with E-state index in [9.17, 15) is 30.0 Å². The molecule has 4 N–H and O–H groups in total. The Morgan fingerprint density at radius 2 is 1.94 bits per heavy atom. The number of ketones is 1. The lowest BCUT2D eigenvalue weighted by Crippen LogP contribution is -2.59. The van der Waals surface area contributed by atoms with E-state index in [1.165, 1.54) is 0 Å². The van der Waals surface area contributed by atoms with Gasteiger partial charge in [0.05, 0.1) is 6.61 Å². The highest BCUT2D eigenvalue weighted by Crippen LogP contribution is 2.46. The SMILES string of the molecule is CC(C)CC(=O)OC1CC=C(OOC2OC(CO)C(O)C(O)C2O)C2CC(=O)C(C)C12. The molecule has 3 aliphatic rings. The Labute approximate surface area is 180 Å². The minimum atomic E-state index is -1.60. The van der Waals surface area contributed by atoms with Crippen LogP contribution in [-0.4, -0.2) is 75.6 Å². The highest BCUT2D eigenvalue weighted by atomic mass is 17.2. The predicted octanol–water partition coefficient (Wildman–Crippen LogP) is -0.179. The quantitative estimate of drug-likeness (QED) is 0.236. The van der Waals surface area contributed by atoms with Crippen LogP contribution in [0.25, 0.3) is 0 Å². The first-order chi connectivity index (χ1) is 14.6. The molecule has 0 spiro atoms. The standard InChI is InChI=1S/C21H32O10/c1-9(2)6-16(24)28-14-5-4-13(11-7-12(23)10(3)17(11)14)30-31-21-20(27)19(26)18(25)15(8-22)29-21/h4,9-11,14-15,17-22,25-27H,5-8H2,1-3H3. The van der Waals surface area contributed by atoms with Crippen molar-refractivity contribution in [3.8, 4) is 0 Å². The van der Waals surface area contributed by atoms with Crippen LogP contribution in [0, 0.1) is 23.7 Å². The third-order valence-corrected chi connectivity index (χ3v) is 6.26. The average molecular weight is 444 g/mol. The van der Waals surface area contributed by atoms with Crippen LogP contribution in [0.5, 0.6) is 0 Å². The van der Waals surface area contributed by atoms with Gasteiger partial charge in [0.15, 0.2) is 0 Å². The lowest BCUT2D eigenvalue weighted by molar-refractivity contribution is -0.414. The number of hydrogen-bond donors (Lipinski definition) is 4. The van der Waals surface area contributed by atoms with Gasteiger partial charge in [0.25, 0.3) is 0 Å². The maximum Gasteiger partial charge on any atom is 0.306 e. The van der Waals surface area contributed by atoms with Crippen molar-refractivity contribution in [2.45, 2.75) is 76.8 Å². The molecule has 1 saturated heterocycles. The number of Topliss-reactive ketones (excluding diaryl/α,β-unsaturated/α-hetero) is 1. The molecular weight excluding hydrogens is 412 g/mol. The van der Waals surface area contributed by atoms with Crippen molar-refractivity contribution in [2.75, 3.05) is 6.61 Å². The third-order valence-electron chi connectivity index (χ3n) is 6.26. The van der Waals surface area contributed by atoms with Crippen molar-refractivity contribution in [3.63, 3.8) is 0 Å². The van der Waals surface area contributed by atoms with Crippen LogP contribution in [0.1, 0.15) is 40.0 Å². The van der Waals surface area contributed by atoms with Crippen LogP contribution >= 0.6 is 0 Å². The highest BCUT2D eigenvalue weighted by molar-refractivity contribution is 5.84. The molecule has 2 fully saturated rings. The van der Waals surface area contributed by atoms with E-state index in [4.69, 9.17) is 19.2 Å². The largest absolute Gasteiger partial charge is 0.462 e. The Kier molecular flexibility index (Phi) is 7.72. The van der Waals surface area contributed by atoms with Crippen molar-refractivity contribution in [2.24, 2.45) is 23.7 Å². The summed E-state index contributed by atoms with van der Waals surface area (Å²) in [7, 11) is 0. The Bertz CT molecular complexity index is 690. The Balaban J connectivity index is 1.68. The molecule has 176 valence electrons. The van der Waals surface area contributed by atoms with Gasteiger partial charge >= 0.3 is 5.97 Å². The maximum absolute atomic E-state index is 12.4. The van der Waals surface area contributed by atoms with Gasteiger partial charge in [-0.3, -0.25) is 9.59 Å². The van der Waals surface area contributed by atoms with Crippen molar-refractivity contribution in [3.05, 3.63) is 11.8 Å². The van der Waals surface area contributed by atoms with Gasteiger partial charge in [0.2, 0.25) is 6.29 Å². The summed E-state index contributed by atoms with van der Waals surface area (Å²) in [5, 5.41) is 39.1. The second-order valence-electron chi connectivity index (χ2n) is 8.99. The number of carbonyl (C=O) groups excluding carboxylic acids is 2. The monoisotopic (exact) mass is 444 g/mol. The molecule has 10 heteroatoms. The van der Waals surface area contributed by atoms with Crippen molar-refractivity contribution >= 4 is 11.8 Å². The lowest BCUT2D eigenvalue weighted by atomic mass is 9.79. The number of aliphatic hydroxyl groups excluding tert-OH is 4. The van der Waals surface area contributed by atoms with Crippen LogP contribution in [0.2, 0.25) is 0 Å². The summed E-state index contributed by atoms with van der Waals surface area (Å²) in [4.78, 5) is 35.2. The molecule has 0 radical (unpaired) electrons. The first-order valence-corrected chi connectivity index (χ1v) is 10.7. The van der Waals surface area contributed by atoms with Gasteiger partial charge in [0, 0.05) is 37.0 Å². The summed E-state index contributed by atoms with van der Waals surface area (Å²) >= 11 is 0. The number of aliphatic hydroxyl groups is 4. The molecule has 0 amide bonds. The zero-order valence-electron chi connectivity index (χ0n) is 17.9. The van der Waals surface area contributed by atoms with Gasteiger partial charge < -0.3 is 34.8 Å². The average Bonchev–Trinajstić information content (AvgIpc) is 3.01. The van der Waals surface area contributed by atoms with Crippen LogP contribution in [0.15, 0.2) is 11.8 Å². The van der Waals surface area contributed by atoms with E-state index >= 15 is 0 Å². The molecule has 1 aliphatic heterocycles. The second-order valence-corrected chi connectivity index (χ2v) is 8.99. The van der Waals surface area contributed by atoms with Crippen molar-refractivity contribution in [1.29, 1.82) is 0 Å². The molecule has 3 rings (SSSR count). The molecule has 9 unspecified atom stereocenters. The van der Waals surface area contributed by atoms with E-state index in [0.717, 1.165) is 0 Å². The Morgan fingerprint density at radius 3 is 2.58 bits per heavy atom. The second kappa shape index (κ2) is 9.93.